The molecule has 0 spiro atoms. The van der Waals surface area contributed by atoms with E-state index in [1.54, 1.807) is 0 Å². The van der Waals surface area contributed by atoms with Gasteiger partial charge < -0.3 is 14.6 Å². The highest BCUT2D eigenvalue weighted by atomic mass is 16.5. The van der Waals surface area contributed by atoms with Gasteiger partial charge in [-0.2, -0.15) is 5.26 Å². The Morgan fingerprint density at radius 3 is 2.71 bits per heavy atom. The number of rotatable bonds is 7. The van der Waals surface area contributed by atoms with Gasteiger partial charge >= 0.3 is 0 Å². The Morgan fingerprint density at radius 2 is 1.97 bits per heavy atom. The number of hydrogen-bond donors (Lipinski definition) is 1. The highest BCUT2D eigenvalue weighted by molar-refractivity contribution is 5.77. The minimum Gasteiger partial charge on any atom is -0.488 e. The Hall–Kier alpha value is -3.52. The monoisotopic (exact) mass is 413 g/mol. The third-order valence-corrected chi connectivity index (χ3v) is 5.67. The molecule has 5 nitrogen and oxygen atoms in total. The molecule has 158 valence electrons. The average Bonchev–Trinajstić information content (AvgIpc) is 3.17. The Labute approximate surface area is 183 Å². The summed E-state index contributed by atoms with van der Waals surface area (Å²) in [6.07, 6.45) is 1.31. The van der Waals surface area contributed by atoms with Crippen LogP contribution in [0.3, 0.4) is 0 Å². The number of para-hydroxylation sites is 1. The number of nitrogens with one attached hydrogen (secondary N) is 1. The van der Waals surface area contributed by atoms with Crippen LogP contribution in [0.5, 0.6) is 5.75 Å². The summed E-state index contributed by atoms with van der Waals surface area (Å²) in [6.45, 7) is 5.29. The third kappa shape index (κ3) is 4.34. The largest absolute Gasteiger partial charge is 0.488 e. The van der Waals surface area contributed by atoms with E-state index in [2.05, 4.69) is 60.1 Å². The summed E-state index contributed by atoms with van der Waals surface area (Å²) in [6, 6.07) is 21.0. The van der Waals surface area contributed by atoms with Crippen molar-refractivity contribution in [1.29, 1.82) is 5.26 Å². The van der Waals surface area contributed by atoms with Gasteiger partial charge in [0.25, 0.3) is 0 Å². The second-order valence-corrected chi connectivity index (χ2v) is 8.13. The van der Waals surface area contributed by atoms with Crippen molar-refractivity contribution in [2.45, 2.75) is 45.6 Å². The third-order valence-electron chi connectivity index (χ3n) is 5.67. The van der Waals surface area contributed by atoms with Gasteiger partial charge in [0, 0.05) is 35.5 Å². The fraction of sp³-hybridized carbons (Fsp3) is 0.308. The van der Waals surface area contributed by atoms with Crippen molar-refractivity contribution in [3.05, 3.63) is 71.4 Å². The molecule has 1 aromatic heterocycles. The quantitative estimate of drug-likeness (QED) is 0.547. The van der Waals surface area contributed by atoms with Gasteiger partial charge in [-0.1, -0.05) is 38.1 Å². The maximum absolute atomic E-state index is 12.2. The van der Waals surface area contributed by atoms with Crippen LogP contribution in [-0.4, -0.2) is 17.0 Å². The van der Waals surface area contributed by atoms with Crippen LogP contribution in [0.2, 0.25) is 0 Å². The van der Waals surface area contributed by atoms with Crippen molar-refractivity contribution < 1.29 is 9.53 Å². The minimum absolute atomic E-state index is 0.0345. The predicted molar refractivity (Wildman–Crippen MR) is 121 cm³/mol. The fourth-order valence-electron chi connectivity index (χ4n) is 4.04. The summed E-state index contributed by atoms with van der Waals surface area (Å²) >= 11 is 0. The topological polar surface area (TPSA) is 67.0 Å². The zero-order valence-corrected chi connectivity index (χ0v) is 18.0. The number of aromatic nitrogens is 1. The molecule has 0 bridgehead atoms. The molecule has 1 amide bonds. The molecule has 1 N–H and O–H groups in total. The molecule has 3 aromatic rings. The molecular formula is C26H27N3O2. The first-order chi connectivity index (χ1) is 15.1. The molecule has 2 aromatic carbocycles. The molecule has 0 aliphatic carbocycles. The zero-order chi connectivity index (χ0) is 21.8. The lowest BCUT2D eigenvalue weighted by Crippen LogP contribution is -2.24. The molecule has 0 fully saturated rings. The van der Waals surface area contributed by atoms with Gasteiger partial charge in [-0.25, -0.2) is 0 Å². The summed E-state index contributed by atoms with van der Waals surface area (Å²) in [4.78, 5) is 12.2. The molecule has 0 radical (unpaired) electrons. The Balaban J connectivity index is 1.71. The maximum Gasteiger partial charge on any atom is 0.220 e. The number of aryl methyl sites for hydroxylation is 1. The molecule has 0 saturated heterocycles. The molecule has 0 atom stereocenters. The van der Waals surface area contributed by atoms with Gasteiger partial charge in [0.05, 0.1) is 18.2 Å². The second kappa shape index (κ2) is 9.09. The SMILES string of the molecule is CC(C)c1ccc(-n2c(CCC(=O)NCCC#N)cc3c2-c2ccccc2OC3)cc1. The lowest BCUT2D eigenvalue weighted by molar-refractivity contribution is -0.121. The first-order valence-electron chi connectivity index (χ1n) is 10.8. The van der Waals surface area contributed by atoms with E-state index < -0.39 is 0 Å². The number of hydrogen-bond acceptors (Lipinski definition) is 3. The van der Waals surface area contributed by atoms with E-state index in [1.165, 1.54) is 5.56 Å². The van der Waals surface area contributed by atoms with Crippen LogP contribution in [0.25, 0.3) is 16.9 Å². The van der Waals surface area contributed by atoms with E-state index in [-0.39, 0.29) is 5.91 Å². The van der Waals surface area contributed by atoms with Gasteiger partial charge in [0.1, 0.15) is 12.4 Å². The number of nitrogens with zero attached hydrogens (tertiary/aromatic N) is 2. The van der Waals surface area contributed by atoms with Crippen molar-refractivity contribution in [2.75, 3.05) is 6.54 Å². The van der Waals surface area contributed by atoms with Crippen molar-refractivity contribution in [1.82, 2.24) is 9.88 Å². The van der Waals surface area contributed by atoms with Crippen LogP contribution in [0, 0.1) is 11.3 Å². The number of ether oxygens (including phenoxy) is 1. The minimum atomic E-state index is -0.0345. The van der Waals surface area contributed by atoms with Crippen LogP contribution >= 0.6 is 0 Å². The highest BCUT2D eigenvalue weighted by Gasteiger charge is 2.24. The van der Waals surface area contributed by atoms with Crippen molar-refractivity contribution >= 4 is 5.91 Å². The molecule has 4 rings (SSSR count). The normalized spacial score (nSPS) is 11.9. The van der Waals surface area contributed by atoms with E-state index >= 15 is 0 Å². The molecule has 1 aliphatic heterocycles. The predicted octanol–water partition coefficient (Wildman–Crippen LogP) is 5.12. The van der Waals surface area contributed by atoms with E-state index in [4.69, 9.17) is 10.00 Å². The Morgan fingerprint density at radius 1 is 1.19 bits per heavy atom. The van der Waals surface area contributed by atoms with Crippen molar-refractivity contribution in [3.63, 3.8) is 0 Å². The van der Waals surface area contributed by atoms with Crippen LogP contribution in [0.4, 0.5) is 0 Å². The van der Waals surface area contributed by atoms with Gasteiger partial charge in [0.2, 0.25) is 5.91 Å². The van der Waals surface area contributed by atoms with Crippen LogP contribution in [0.15, 0.2) is 54.6 Å². The Bertz CT molecular complexity index is 1120. The summed E-state index contributed by atoms with van der Waals surface area (Å²) < 4.78 is 8.24. The lowest BCUT2D eigenvalue weighted by atomic mass is 10.0. The number of amides is 1. The number of benzene rings is 2. The molecule has 5 heteroatoms. The molecule has 0 saturated carbocycles. The number of fused-ring (bicyclic) bond motifs is 3. The average molecular weight is 414 g/mol. The van der Waals surface area contributed by atoms with Gasteiger partial charge in [-0.15, -0.1) is 0 Å². The standard InChI is InChI=1S/C26H27N3O2/c1-18(2)19-8-10-21(11-9-19)29-22(12-13-25(30)28-15-5-14-27)16-20-17-31-24-7-4-3-6-23(24)26(20)29/h3-4,6-11,16,18H,5,12-13,15,17H2,1-2H3,(H,28,30). The Kier molecular flexibility index (Phi) is 6.08. The highest BCUT2D eigenvalue weighted by Crippen LogP contribution is 2.41. The van der Waals surface area contributed by atoms with Crippen LogP contribution < -0.4 is 10.1 Å². The summed E-state index contributed by atoms with van der Waals surface area (Å²) in [5.41, 5.74) is 6.80. The summed E-state index contributed by atoms with van der Waals surface area (Å²) in [7, 11) is 0. The molecule has 1 aliphatic rings. The second-order valence-electron chi connectivity index (χ2n) is 8.13. The lowest BCUT2D eigenvalue weighted by Gasteiger charge is -2.21. The first kappa shape index (κ1) is 20.7. The van der Waals surface area contributed by atoms with E-state index in [1.807, 2.05) is 24.3 Å². The smallest absolute Gasteiger partial charge is 0.220 e. The molecule has 31 heavy (non-hydrogen) atoms. The summed E-state index contributed by atoms with van der Waals surface area (Å²) in [5, 5.41) is 11.5. The van der Waals surface area contributed by atoms with Crippen molar-refractivity contribution in [3.8, 4) is 28.8 Å². The summed E-state index contributed by atoms with van der Waals surface area (Å²) in [5.74, 6) is 1.32. The number of carbonyl (C=O) groups is 1. The fourth-order valence-corrected chi connectivity index (χ4v) is 4.04. The first-order valence-corrected chi connectivity index (χ1v) is 10.8. The van der Waals surface area contributed by atoms with E-state index in [0.717, 1.165) is 34.0 Å². The van der Waals surface area contributed by atoms with Gasteiger partial charge in [-0.05, 0) is 48.2 Å². The van der Waals surface area contributed by atoms with Crippen molar-refractivity contribution in [2.24, 2.45) is 0 Å². The van der Waals surface area contributed by atoms with Gasteiger partial charge in [-0.3, -0.25) is 4.79 Å². The van der Waals surface area contributed by atoms with Gasteiger partial charge in [0.15, 0.2) is 0 Å². The molecule has 2 heterocycles. The zero-order valence-electron chi connectivity index (χ0n) is 18.0. The number of nitriles is 1. The molecular weight excluding hydrogens is 386 g/mol. The van der Waals surface area contributed by atoms with Crippen LogP contribution in [0.1, 0.15) is 49.4 Å². The van der Waals surface area contributed by atoms with Crippen LogP contribution in [-0.2, 0) is 17.8 Å². The van der Waals surface area contributed by atoms with E-state index in [0.29, 0.717) is 38.3 Å². The van der Waals surface area contributed by atoms with E-state index in [9.17, 15) is 4.79 Å². The maximum atomic E-state index is 12.2. The number of carbonyl (C=O) groups excluding carboxylic acids is 1. The molecule has 0 unspecified atom stereocenters.